The van der Waals surface area contributed by atoms with E-state index in [1.165, 1.54) is 0 Å². The van der Waals surface area contributed by atoms with Gasteiger partial charge in [0.05, 0.1) is 11.6 Å². The number of nitrogens with zero attached hydrogens (tertiary/aromatic N) is 1. The Bertz CT molecular complexity index is 870. The summed E-state index contributed by atoms with van der Waals surface area (Å²) in [6.07, 6.45) is 0. The molecule has 0 aliphatic rings. The summed E-state index contributed by atoms with van der Waals surface area (Å²) in [5.41, 5.74) is 4.04. The van der Waals surface area contributed by atoms with E-state index in [0.717, 1.165) is 27.3 Å². The van der Waals surface area contributed by atoms with Crippen molar-refractivity contribution in [1.29, 1.82) is 0 Å². The predicted octanol–water partition coefficient (Wildman–Crippen LogP) is 6.85. The van der Waals surface area contributed by atoms with Gasteiger partial charge in [-0.15, -0.1) is 0 Å². The van der Waals surface area contributed by atoms with Gasteiger partial charge in [-0.1, -0.05) is 89.4 Å². The standard InChI is InChI=1S/C20H14Cl3N/c21-16-11-9-14(10-12-16)17-6-2-1-5-15(17)13-24-20(23)18-7-3-4-8-19(18)22/h1-12H,13H2. The molecule has 0 unspecified atom stereocenters. The zero-order chi connectivity index (χ0) is 16.9. The molecule has 0 aromatic heterocycles. The molecule has 0 aliphatic heterocycles. The lowest BCUT2D eigenvalue weighted by Gasteiger charge is -2.09. The lowest BCUT2D eigenvalue weighted by molar-refractivity contribution is 1.08. The Balaban J connectivity index is 1.90. The molecule has 0 heterocycles. The van der Waals surface area contributed by atoms with E-state index in [9.17, 15) is 0 Å². The average Bonchev–Trinajstić information content (AvgIpc) is 2.61. The molecule has 0 fully saturated rings. The van der Waals surface area contributed by atoms with E-state index in [2.05, 4.69) is 11.1 Å². The number of rotatable bonds is 4. The van der Waals surface area contributed by atoms with Crippen molar-refractivity contribution in [3.05, 3.63) is 94.0 Å². The molecule has 3 aromatic carbocycles. The average molecular weight is 375 g/mol. The van der Waals surface area contributed by atoms with Crippen molar-refractivity contribution in [1.82, 2.24) is 0 Å². The second kappa shape index (κ2) is 7.85. The third-order valence-electron chi connectivity index (χ3n) is 3.66. The molecule has 0 saturated heterocycles. The fourth-order valence-electron chi connectivity index (χ4n) is 2.44. The van der Waals surface area contributed by atoms with Crippen molar-refractivity contribution in [3.63, 3.8) is 0 Å². The Hall–Kier alpha value is -1.80. The summed E-state index contributed by atoms with van der Waals surface area (Å²) in [7, 11) is 0. The van der Waals surface area contributed by atoms with Gasteiger partial charge in [0, 0.05) is 10.6 Å². The van der Waals surface area contributed by atoms with Gasteiger partial charge in [0.2, 0.25) is 0 Å². The Morgan fingerprint density at radius 1 is 0.792 bits per heavy atom. The molecule has 0 amide bonds. The van der Waals surface area contributed by atoms with Crippen molar-refractivity contribution in [2.45, 2.75) is 6.54 Å². The van der Waals surface area contributed by atoms with Crippen LogP contribution in [0.2, 0.25) is 10.0 Å². The lowest BCUT2D eigenvalue weighted by atomic mass is 10.00. The maximum Gasteiger partial charge on any atom is 0.132 e. The second-order valence-corrected chi connectivity index (χ2v) is 6.45. The highest BCUT2D eigenvalue weighted by molar-refractivity contribution is 6.70. The maximum absolute atomic E-state index is 6.33. The molecule has 0 N–H and O–H groups in total. The van der Waals surface area contributed by atoms with E-state index < -0.39 is 0 Å². The van der Waals surface area contributed by atoms with Gasteiger partial charge >= 0.3 is 0 Å². The van der Waals surface area contributed by atoms with Crippen LogP contribution in [0.5, 0.6) is 0 Å². The summed E-state index contributed by atoms with van der Waals surface area (Å²) in [6, 6.07) is 23.3. The monoisotopic (exact) mass is 373 g/mol. The van der Waals surface area contributed by atoms with Gasteiger partial charge in [-0.3, -0.25) is 4.99 Å². The zero-order valence-electron chi connectivity index (χ0n) is 12.7. The van der Waals surface area contributed by atoms with Crippen LogP contribution in [-0.4, -0.2) is 5.17 Å². The van der Waals surface area contributed by atoms with Crippen LogP contribution in [0.3, 0.4) is 0 Å². The minimum atomic E-state index is 0.409. The second-order valence-electron chi connectivity index (χ2n) is 5.25. The molecule has 0 bridgehead atoms. The van der Waals surface area contributed by atoms with E-state index in [0.29, 0.717) is 16.7 Å². The molecule has 0 aliphatic carbocycles. The van der Waals surface area contributed by atoms with Crippen LogP contribution in [0.25, 0.3) is 11.1 Å². The van der Waals surface area contributed by atoms with Crippen molar-refractivity contribution in [2.75, 3.05) is 0 Å². The number of benzene rings is 3. The molecular formula is C20H14Cl3N. The van der Waals surface area contributed by atoms with Crippen LogP contribution in [0.1, 0.15) is 11.1 Å². The Kier molecular flexibility index (Phi) is 5.57. The highest BCUT2D eigenvalue weighted by Gasteiger charge is 2.07. The van der Waals surface area contributed by atoms with E-state index in [-0.39, 0.29) is 0 Å². The van der Waals surface area contributed by atoms with Crippen molar-refractivity contribution in [3.8, 4) is 11.1 Å². The Labute approximate surface area is 156 Å². The first-order valence-electron chi connectivity index (χ1n) is 7.44. The van der Waals surface area contributed by atoms with Crippen molar-refractivity contribution in [2.24, 2.45) is 4.99 Å². The van der Waals surface area contributed by atoms with Gasteiger partial charge in [-0.25, -0.2) is 0 Å². The summed E-state index contributed by atoms with van der Waals surface area (Å²) in [5.74, 6) is 0. The first-order valence-corrected chi connectivity index (χ1v) is 8.57. The normalized spacial score (nSPS) is 11.5. The molecule has 0 spiro atoms. The molecular weight excluding hydrogens is 361 g/mol. The van der Waals surface area contributed by atoms with E-state index in [1.807, 2.05) is 60.7 Å². The van der Waals surface area contributed by atoms with E-state index in [4.69, 9.17) is 34.8 Å². The summed E-state index contributed by atoms with van der Waals surface area (Å²) in [5, 5.41) is 1.72. The zero-order valence-corrected chi connectivity index (χ0v) is 15.0. The first kappa shape index (κ1) is 17.0. The fourth-order valence-corrected chi connectivity index (χ4v) is 3.06. The molecule has 4 heteroatoms. The smallest absolute Gasteiger partial charge is 0.132 e. The predicted molar refractivity (Wildman–Crippen MR) is 104 cm³/mol. The number of hydrogen-bond donors (Lipinski definition) is 0. The van der Waals surface area contributed by atoms with Crippen molar-refractivity contribution >= 4 is 40.0 Å². The minimum Gasteiger partial charge on any atom is -0.268 e. The molecule has 1 nitrogen and oxygen atoms in total. The van der Waals surface area contributed by atoms with E-state index >= 15 is 0 Å². The van der Waals surface area contributed by atoms with Gasteiger partial charge < -0.3 is 0 Å². The van der Waals surface area contributed by atoms with Gasteiger partial charge in [0.25, 0.3) is 0 Å². The van der Waals surface area contributed by atoms with Gasteiger partial charge in [-0.05, 0) is 34.9 Å². The Morgan fingerprint density at radius 2 is 1.46 bits per heavy atom. The third kappa shape index (κ3) is 3.99. The summed E-state index contributed by atoms with van der Waals surface area (Å²) >= 11 is 18.5. The van der Waals surface area contributed by atoms with E-state index in [1.54, 1.807) is 6.07 Å². The first-order chi connectivity index (χ1) is 11.6. The quantitative estimate of drug-likeness (QED) is 0.443. The van der Waals surface area contributed by atoms with Crippen LogP contribution in [0, 0.1) is 0 Å². The molecule has 120 valence electrons. The lowest BCUT2D eigenvalue weighted by Crippen LogP contribution is -1.95. The van der Waals surface area contributed by atoms with Crippen LogP contribution in [0.4, 0.5) is 0 Å². The minimum absolute atomic E-state index is 0.409. The molecule has 0 saturated carbocycles. The summed E-state index contributed by atoms with van der Waals surface area (Å²) in [4.78, 5) is 4.50. The molecule has 24 heavy (non-hydrogen) atoms. The van der Waals surface area contributed by atoms with Crippen LogP contribution in [0.15, 0.2) is 77.8 Å². The third-order valence-corrected chi connectivity index (χ3v) is 4.56. The molecule has 3 aromatic rings. The number of hydrogen-bond acceptors (Lipinski definition) is 1. The van der Waals surface area contributed by atoms with Crippen molar-refractivity contribution < 1.29 is 0 Å². The van der Waals surface area contributed by atoms with Gasteiger partial charge in [-0.2, -0.15) is 0 Å². The highest BCUT2D eigenvalue weighted by Crippen LogP contribution is 2.26. The summed E-state index contributed by atoms with van der Waals surface area (Å²) < 4.78 is 0. The Morgan fingerprint density at radius 3 is 2.21 bits per heavy atom. The van der Waals surface area contributed by atoms with Gasteiger partial charge in [0.1, 0.15) is 5.17 Å². The maximum atomic E-state index is 6.33. The fraction of sp³-hybridized carbons (Fsp3) is 0.0500. The molecule has 0 atom stereocenters. The highest BCUT2D eigenvalue weighted by atomic mass is 35.5. The number of halogens is 3. The van der Waals surface area contributed by atoms with Gasteiger partial charge in [0.15, 0.2) is 0 Å². The largest absolute Gasteiger partial charge is 0.268 e. The molecule has 0 radical (unpaired) electrons. The van der Waals surface area contributed by atoms with Crippen LogP contribution in [-0.2, 0) is 6.54 Å². The molecule has 3 rings (SSSR count). The van der Waals surface area contributed by atoms with Crippen LogP contribution >= 0.6 is 34.8 Å². The SMILES string of the molecule is ClC(=NCc1ccccc1-c1ccc(Cl)cc1)c1ccccc1Cl. The van der Waals surface area contributed by atoms with Crippen LogP contribution < -0.4 is 0 Å². The number of aliphatic imine (C=N–C) groups is 1. The summed E-state index contributed by atoms with van der Waals surface area (Å²) in [6.45, 7) is 0.475. The topological polar surface area (TPSA) is 12.4 Å².